The number of halogens is 1. The lowest BCUT2D eigenvalue weighted by molar-refractivity contribution is 0.0193. The van der Waals surface area contributed by atoms with Crippen LogP contribution in [0.4, 0.5) is 11.4 Å². The molecule has 2 aliphatic heterocycles. The minimum atomic E-state index is -0.265. The topological polar surface area (TPSA) is 96.1 Å². The fraction of sp³-hybridized carbons (Fsp3) is 0.262. The Hall–Kier alpha value is -5.42. The maximum absolute atomic E-state index is 14.8. The molecule has 0 bridgehead atoms. The van der Waals surface area contributed by atoms with Crippen LogP contribution >= 0.6 is 11.6 Å². The van der Waals surface area contributed by atoms with E-state index in [1.807, 2.05) is 71.5 Å². The van der Waals surface area contributed by atoms with Crippen molar-refractivity contribution in [1.82, 2.24) is 23.9 Å². The van der Waals surface area contributed by atoms with Crippen LogP contribution in [-0.4, -0.2) is 79.7 Å². The molecule has 10 nitrogen and oxygen atoms in total. The van der Waals surface area contributed by atoms with Crippen LogP contribution in [-0.2, 0) is 31.8 Å². The van der Waals surface area contributed by atoms with Gasteiger partial charge in [-0.3, -0.25) is 19.4 Å². The number of carbonyl (C=O) groups is 2. The fourth-order valence-electron chi connectivity index (χ4n) is 7.68. The summed E-state index contributed by atoms with van der Waals surface area (Å²) < 4.78 is 9.49. The molecule has 0 aliphatic carbocycles. The number of aryl methyl sites for hydroxylation is 1. The standard InChI is InChI=1S/C42H41ClN6O4/c1-27-36(42(52)49(31-9-12-34(50)13-10-31)32-11-15-39-38(22-32)44-26-45(39)2)23-40(46(27)3)37-21-30(43)8-14-35(37)41(51)48-24-29-7-5-4-6-28(29)20-33(48)25-47-16-18-53-19-17-47/h4-15,21-23,26,33,50H,16-20,24-25H2,1-3H3/t33-/m0/s1. The zero-order chi connectivity index (χ0) is 36.8. The van der Waals surface area contributed by atoms with Crippen LogP contribution in [0, 0.1) is 6.92 Å². The van der Waals surface area contributed by atoms with E-state index in [4.69, 9.17) is 16.3 Å². The van der Waals surface area contributed by atoms with Crippen LogP contribution in [0.2, 0.25) is 5.02 Å². The van der Waals surface area contributed by atoms with Crippen molar-refractivity contribution in [1.29, 1.82) is 0 Å². The zero-order valence-electron chi connectivity index (χ0n) is 30.0. The summed E-state index contributed by atoms with van der Waals surface area (Å²) in [4.78, 5) is 40.2. The minimum absolute atomic E-state index is 0.0263. The van der Waals surface area contributed by atoms with E-state index in [0.29, 0.717) is 58.5 Å². The SMILES string of the molecule is Cc1c(C(=O)N(c2ccc(O)cc2)c2ccc3c(c2)ncn3C)cc(-c2cc(Cl)ccc2C(=O)N2Cc3ccccc3C[C@H]2CN2CCOCC2)n1C. The summed E-state index contributed by atoms with van der Waals surface area (Å²) in [6, 6.07) is 27.8. The number of aromatic nitrogens is 3. The van der Waals surface area contributed by atoms with Crippen molar-refractivity contribution in [3.05, 3.63) is 130 Å². The number of hydrogen-bond donors (Lipinski definition) is 1. The van der Waals surface area contributed by atoms with Gasteiger partial charge in [0.15, 0.2) is 0 Å². The van der Waals surface area contributed by atoms with Crippen LogP contribution < -0.4 is 4.90 Å². The molecule has 2 aliphatic rings. The Labute approximate surface area is 313 Å². The highest BCUT2D eigenvalue weighted by molar-refractivity contribution is 6.31. The summed E-state index contributed by atoms with van der Waals surface area (Å²) in [7, 11) is 3.83. The number of benzene rings is 4. The molecule has 0 unspecified atom stereocenters. The lowest BCUT2D eigenvalue weighted by Crippen LogP contribution is -2.52. The number of carbonyl (C=O) groups excluding carboxylic acids is 2. The molecule has 8 rings (SSSR count). The number of ether oxygens (including phenoxy) is 1. The van der Waals surface area contributed by atoms with E-state index in [-0.39, 0.29) is 23.6 Å². The molecule has 0 saturated carbocycles. The maximum atomic E-state index is 14.8. The fourth-order valence-corrected chi connectivity index (χ4v) is 7.86. The summed E-state index contributed by atoms with van der Waals surface area (Å²) in [5.41, 5.74) is 8.39. The summed E-state index contributed by atoms with van der Waals surface area (Å²) in [5, 5.41) is 10.6. The van der Waals surface area contributed by atoms with Gasteiger partial charge < -0.3 is 23.9 Å². The van der Waals surface area contributed by atoms with E-state index in [0.717, 1.165) is 48.3 Å². The predicted molar refractivity (Wildman–Crippen MR) is 207 cm³/mol. The van der Waals surface area contributed by atoms with Crippen molar-refractivity contribution >= 4 is 45.8 Å². The van der Waals surface area contributed by atoms with E-state index in [1.54, 1.807) is 47.6 Å². The number of amides is 2. The third-order valence-corrected chi connectivity index (χ3v) is 11.0. The molecule has 11 heteroatoms. The Morgan fingerprint density at radius 2 is 1.64 bits per heavy atom. The van der Waals surface area contributed by atoms with Crippen molar-refractivity contribution in [2.24, 2.45) is 14.1 Å². The van der Waals surface area contributed by atoms with Gasteiger partial charge in [-0.1, -0.05) is 35.9 Å². The number of aromatic hydroxyl groups is 1. The van der Waals surface area contributed by atoms with Crippen molar-refractivity contribution in [2.75, 3.05) is 37.7 Å². The first-order chi connectivity index (χ1) is 25.7. The summed E-state index contributed by atoms with van der Waals surface area (Å²) in [6.45, 7) is 6.21. The Morgan fingerprint density at radius 1 is 0.906 bits per heavy atom. The molecule has 6 aromatic rings. The number of hydrogen-bond acceptors (Lipinski definition) is 6. The number of anilines is 2. The quantitative estimate of drug-likeness (QED) is 0.188. The third kappa shape index (κ3) is 6.58. The van der Waals surface area contributed by atoms with Crippen molar-refractivity contribution < 1.29 is 19.4 Å². The van der Waals surface area contributed by atoms with Crippen LogP contribution in [0.15, 0.2) is 97.3 Å². The second kappa shape index (κ2) is 14.2. The summed E-state index contributed by atoms with van der Waals surface area (Å²) >= 11 is 6.66. The minimum Gasteiger partial charge on any atom is -0.508 e. The molecule has 2 aromatic heterocycles. The molecule has 1 saturated heterocycles. The number of fused-ring (bicyclic) bond motifs is 2. The average Bonchev–Trinajstić information content (AvgIpc) is 3.69. The second-order valence-corrected chi connectivity index (χ2v) is 14.4. The molecule has 1 fully saturated rings. The molecule has 4 heterocycles. The highest BCUT2D eigenvalue weighted by Crippen LogP contribution is 2.36. The number of morpholine rings is 1. The number of rotatable bonds is 7. The van der Waals surface area contributed by atoms with Gasteiger partial charge in [0.25, 0.3) is 11.8 Å². The number of nitrogens with zero attached hydrogens (tertiary/aromatic N) is 6. The molecule has 0 radical (unpaired) electrons. The monoisotopic (exact) mass is 728 g/mol. The molecule has 4 aromatic carbocycles. The van der Waals surface area contributed by atoms with Crippen molar-refractivity contribution in [3.63, 3.8) is 0 Å². The van der Waals surface area contributed by atoms with E-state index >= 15 is 0 Å². The number of phenolic OH excluding ortho intramolecular Hbond substituents is 1. The van der Waals surface area contributed by atoms with E-state index < -0.39 is 0 Å². The Balaban J connectivity index is 1.18. The third-order valence-electron chi connectivity index (χ3n) is 10.7. The molecular weight excluding hydrogens is 688 g/mol. The van der Waals surface area contributed by atoms with Crippen molar-refractivity contribution in [2.45, 2.75) is 25.9 Å². The zero-order valence-corrected chi connectivity index (χ0v) is 30.8. The molecule has 53 heavy (non-hydrogen) atoms. The lowest BCUT2D eigenvalue weighted by Gasteiger charge is -2.40. The van der Waals surface area contributed by atoms with Crippen LogP contribution in [0.3, 0.4) is 0 Å². The normalized spacial score (nSPS) is 16.2. The van der Waals surface area contributed by atoms with Gasteiger partial charge in [0.05, 0.1) is 41.8 Å². The lowest BCUT2D eigenvalue weighted by atomic mass is 9.92. The largest absolute Gasteiger partial charge is 0.508 e. The molecule has 270 valence electrons. The first-order valence-corrected chi connectivity index (χ1v) is 18.2. The molecule has 1 N–H and O–H groups in total. The van der Waals surface area contributed by atoms with Gasteiger partial charge in [-0.2, -0.15) is 0 Å². The van der Waals surface area contributed by atoms with Gasteiger partial charge in [-0.05, 0) is 91.2 Å². The Bertz CT molecular complexity index is 2340. The first-order valence-electron chi connectivity index (χ1n) is 17.8. The van der Waals surface area contributed by atoms with E-state index in [1.165, 1.54) is 5.56 Å². The average molecular weight is 729 g/mol. The number of phenols is 1. The van der Waals surface area contributed by atoms with Gasteiger partial charge in [0, 0.05) is 79.5 Å². The first kappa shape index (κ1) is 34.7. The van der Waals surface area contributed by atoms with Gasteiger partial charge in [0.2, 0.25) is 0 Å². The van der Waals surface area contributed by atoms with Crippen LogP contribution in [0.5, 0.6) is 5.75 Å². The van der Waals surface area contributed by atoms with Gasteiger partial charge in [0.1, 0.15) is 5.75 Å². The smallest absolute Gasteiger partial charge is 0.264 e. The van der Waals surface area contributed by atoms with Crippen molar-refractivity contribution in [3.8, 4) is 17.0 Å². The molecular formula is C42H41ClN6O4. The van der Waals surface area contributed by atoms with Gasteiger partial charge in [-0.15, -0.1) is 0 Å². The summed E-state index contributed by atoms with van der Waals surface area (Å²) in [6.07, 6.45) is 2.51. The maximum Gasteiger partial charge on any atom is 0.264 e. The van der Waals surface area contributed by atoms with E-state index in [2.05, 4.69) is 28.1 Å². The van der Waals surface area contributed by atoms with E-state index in [9.17, 15) is 14.7 Å². The summed E-state index contributed by atoms with van der Waals surface area (Å²) in [5.74, 6) is -0.244. The number of imidazole rings is 1. The Kier molecular flexibility index (Phi) is 9.28. The molecule has 2 amide bonds. The highest BCUT2D eigenvalue weighted by Gasteiger charge is 2.34. The van der Waals surface area contributed by atoms with Crippen LogP contribution in [0.25, 0.3) is 22.3 Å². The highest BCUT2D eigenvalue weighted by atomic mass is 35.5. The molecule has 0 spiro atoms. The van der Waals surface area contributed by atoms with Gasteiger partial charge >= 0.3 is 0 Å². The predicted octanol–water partition coefficient (Wildman–Crippen LogP) is 7.12. The molecule has 1 atom stereocenters. The second-order valence-electron chi connectivity index (χ2n) is 13.9. The van der Waals surface area contributed by atoms with Crippen LogP contribution in [0.1, 0.15) is 37.5 Å². The Morgan fingerprint density at radius 3 is 2.42 bits per heavy atom. The van der Waals surface area contributed by atoms with Gasteiger partial charge in [-0.25, -0.2) is 4.98 Å².